The number of sulfonamides is 1. The highest BCUT2D eigenvalue weighted by Crippen LogP contribution is 2.33. The van der Waals surface area contributed by atoms with Crippen molar-refractivity contribution in [1.82, 2.24) is 4.31 Å². The normalized spacial score (nSPS) is 16.1. The fraction of sp³-hybridized carbons (Fsp3) is 0.368. The first-order valence-electron chi connectivity index (χ1n) is 8.97. The maximum atomic E-state index is 13.1. The first-order chi connectivity index (χ1) is 13.6. The molecule has 0 aliphatic carbocycles. The Balaban J connectivity index is 1.78. The maximum Gasteiger partial charge on any atom is 0.416 e. The van der Waals surface area contributed by atoms with Crippen molar-refractivity contribution in [2.45, 2.75) is 18.0 Å². The molecule has 1 heterocycles. The summed E-state index contributed by atoms with van der Waals surface area (Å²) in [5.74, 6) is 0.274. The fourth-order valence-corrected chi connectivity index (χ4v) is 5.25. The third kappa shape index (κ3) is 4.87. The summed E-state index contributed by atoms with van der Waals surface area (Å²) < 4.78 is 72.5. The van der Waals surface area contributed by atoms with E-state index in [4.69, 9.17) is 4.74 Å². The second-order valence-corrected chi connectivity index (χ2v) is 9.29. The predicted molar refractivity (Wildman–Crippen MR) is 108 cm³/mol. The molecule has 0 spiro atoms. The van der Waals surface area contributed by atoms with E-state index in [1.807, 2.05) is 0 Å². The standard InChI is InChI=1S/C19H20BrF3N2O3S/c1-2-28-17-7-6-15(20)13-18(17)29(26,27)25-10-8-24(9-11-25)16-5-3-4-14(12-16)19(21,22)23/h3-7,12-13H,2,8-11H2,1H3. The van der Waals surface area contributed by atoms with E-state index >= 15 is 0 Å². The molecule has 0 radical (unpaired) electrons. The minimum absolute atomic E-state index is 0.0706. The number of halogens is 4. The maximum absolute atomic E-state index is 13.1. The van der Waals surface area contributed by atoms with Gasteiger partial charge in [0.25, 0.3) is 0 Å². The van der Waals surface area contributed by atoms with Gasteiger partial charge in [0.15, 0.2) is 0 Å². The van der Waals surface area contributed by atoms with E-state index in [-0.39, 0.29) is 23.7 Å². The van der Waals surface area contributed by atoms with Crippen molar-refractivity contribution in [2.75, 3.05) is 37.7 Å². The van der Waals surface area contributed by atoms with Crippen molar-refractivity contribution in [3.8, 4) is 5.75 Å². The van der Waals surface area contributed by atoms with E-state index in [1.165, 1.54) is 16.4 Å². The molecule has 1 fully saturated rings. The highest BCUT2D eigenvalue weighted by Gasteiger charge is 2.33. The molecule has 10 heteroatoms. The van der Waals surface area contributed by atoms with Crippen LogP contribution in [0.4, 0.5) is 18.9 Å². The molecule has 0 aromatic heterocycles. The number of ether oxygens (including phenoxy) is 1. The van der Waals surface area contributed by atoms with Crippen LogP contribution < -0.4 is 9.64 Å². The summed E-state index contributed by atoms with van der Waals surface area (Å²) in [5, 5.41) is 0. The summed E-state index contributed by atoms with van der Waals surface area (Å²) in [4.78, 5) is 1.83. The van der Waals surface area contributed by atoms with Gasteiger partial charge in [0.2, 0.25) is 10.0 Å². The second kappa shape index (κ2) is 8.53. The molecule has 0 saturated carbocycles. The van der Waals surface area contributed by atoms with E-state index in [0.29, 0.717) is 29.9 Å². The fourth-order valence-electron chi connectivity index (χ4n) is 3.16. The molecule has 3 rings (SSSR count). The van der Waals surface area contributed by atoms with Gasteiger partial charge >= 0.3 is 6.18 Å². The Morgan fingerprint density at radius 2 is 1.76 bits per heavy atom. The Labute approximate surface area is 176 Å². The van der Waals surface area contributed by atoms with Crippen LogP contribution in [0.5, 0.6) is 5.75 Å². The molecule has 2 aromatic carbocycles. The third-order valence-electron chi connectivity index (χ3n) is 4.60. The van der Waals surface area contributed by atoms with E-state index < -0.39 is 21.8 Å². The molecular weight excluding hydrogens is 473 g/mol. The van der Waals surface area contributed by atoms with Crippen LogP contribution in [0.3, 0.4) is 0 Å². The number of piperazine rings is 1. The van der Waals surface area contributed by atoms with E-state index in [2.05, 4.69) is 15.9 Å². The van der Waals surface area contributed by atoms with Crippen LogP contribution in [0.2, 0.25) is 0 Å². The van der Waals surface area contributed by atoms with Crippen LogP contribution in [-0.2, 0) is 16.2 Å². The topological polar surface area (TPSA) is 49.9 Å². The molecule has 0 atom stereocenters. The predicted octanol–water partition coefficient (Wildman–Crippen LogP) is 4.38. The largest absolute Gasteiger partial charge is 0.492 e. The smallest absolute Gasteiger partial charge is 0.416 e. The molecular formula is C19H20BrF3N2O3S. The first kappa shape index (κ1) is 21.9. The van der Waals surface area contributed by atoms with E-state index in [0.717, 1.165) is 12.1 Å². The van der Waals surface area contributed by atoms with Crippen molar-refractivity contribution in [3.05, 3.63) is 52.5 Å². The van der Waals surface area contributed by atoms with Gasteiger partial charge in [-0.05, 0) is 43.3 Å². The Morgan fingerprint density at radius 3 is 2.38 bits per heavy atom. The Hall–Kier alpha value is -1.78. The number of anilines is 1. The number of hydrogen-bond donors (Lipinski definition) is 0. The van der Waals surface area contributed by atoms with Gasteiger partial charge in [-0.2, -0.15) is 17.5 Å². The van der Waals surface area contributed by atoms with Gasteiger partial charge < -0.3 is 9.64 Å². The summed E-state index contributed by atoms with van der Waals surface area (Å²) in [6.45, 7) is 3.00. The lowest BCUT2D eigenvalue weighted by atomic mass is 10.1. The monoisotopic (exact) mass is 492 g/mol. The van der Waals surface area contributed by atoms with Crippen molar-refractivity contribution in [3.63, 3.8) is 0 Å². The minimum atomic E-state index is -4.42. The van der Waals surface area contributed by atoms with Crippen LogP contribution in [0, 0.1) is 0 Å². The molecule has 1 aliphatic heterocycles. The Morgan fingerprint density at radius 1 is 1.07 bits per heavy atom. The van der Waals surface area contributed by atoms with Crippen LogP contribution >= 0.6 is 15.9 Å². The zero-order valence-corrected chi connectivity index (χ0v) is 18.0. The van der Waals surface area contributed by atoms with Crippen LogP contribution in [0.1, 0.15) is 12.5 Å². The second-order valence-electron chi connectivity index (χ2n) is 6.46. The van der Waals surface area contributed by atoms with Crippen LogP contribution in [0.25, 0.3) is 0 Å². The number of alkyl halides is 3. The van der Waals surface area contributed by atoms with Gasteiger partial charge in [0.1, 0.15) is 10.6 Å². The molecule has 158 valence electrons. The van der Waals surface area contributed by atoms with Crippen molar-refractivity contribution in [1.29, 1.82) is 0 Å². The summed E-state index contributed by atoms with van der Waals surface area (Å²) in [7, 11) is -3.80. The van der Waals surface area contributed by atoms with Crippen molar-refractivity contribution in [2.24, 2.45) is 0 Å². The Bertz CT molecular complexity index is 975. The van der Waals surface area contributed by atoms with Crippen molar-refractivity contribution >= 4 is 31.6 Å². The molecule has 1 saturated heterocycles. The Kier molecular flexibility index (Phi) is 6.45. The average molecular weight is 493 g/mol. The summed E-state index contributed by atoms with van der Waals surface area (Å²) in [6, 6.07) is 9.87. The molecule has 1 aliphatic rings. The van der Waals surface area contributed by atoms with E-state index in [9.17, 15) is 21.6 Å². The van der Waals surface area contributed by atoms with Gasteiger partial charge in [0.05, 0.1) is 12.2 Å². The molecule has 0 amide bonds. The molecule has 5 nitrogen and oxygen atoms in total. The van der Waals surface area contributed by atoms with Gasteiger partial charge in [-0.1, -0.05) is 22.0 Å². The van der Waals surface area contributed by atoms with Gasteiger partial charge in [-0.15, -0.1) is 0 Å². The lowest BCUT2D eigenvalue weighted by Crippen LogP contribution is -2.48. The summed E-state index contributed by atoms with van der Waals surface area (Å²) in [5.41, 5.74) is -0.296. The SMILES string of the molecule is CCOc1ccc(Br)cc1S(=O)(=O)N1CCN(c2cccc(C(F)(F)F)c2)CC1. The zero-order valence-electron chi connectivity index (χ0n) is 15.6. The van der Waals surface area contributed by atoms with Gasteiger partial charge in [0, 0.05) is 36.3 Å². The average Bonchev–Trinajstić information content (AvgIpc) is 2.69. The molecule has 0 N–H and O–H groups in total. The van der Waals surface area contributed by atoms with Crippen LogP contribution in [-0.4, -0.2) is 45.5 Å². The van der Waals surface area contributed by atoms with Crippen molar-refractivity contribution < 1.29 is 26.3 Å². The summed E-state index contributed by atoms with van der Waals surface area (Å²) >= 11 is 3.29. The van der Waals surface area contributed by atoms with Gasteiger partial charge in [-0.25, -0.2) is 8.42 Å². The highest BCUT2D eigenvalue weighted by molar-refractivity contribution is 9.10. The molecule has 0 unspecified atom stereocenters. The number of rotatable bonds is 5. The lowest BCUT2D eigenvalue weighted by molar-refractivity contribution is -0.137. The lowest BCUT2D eigenvalue weighted by Gasteiger charge is -2.35. The zero-order chi connectivity index (χ0) is 21.2. The molecule has 0 bridgehead atoms. The van der Waals surface area contributed by atoms with Gasteiger partial charge in [-0.3, -0.25) is 0 Å². The molecule has 2 aromatic rings. The first-order valence-corrected chi connectivity index (χ1v) is 11.2. The minimum Gasteiger partial charge on any atom is -0.492 e. The number of hydrogen-bond acceptors (Lipinski definition) is 4. The molecule has 29 heavy (non-hydrogen) atoms. The van der Waals surface area contributed by atoms with E-state index in [1.54, 1.807) is 30.0 Å². The number of benzene rings is 2. The highest BCUT2D eigenvalue weighted by atomic mass is 79.9. The quantitative estimate of drug-likeness (QED) is 0.621. The van der Waals surface area contributed by atoms with Crippen LogP contribution in [0.15, 0.2) is 51.8 Å². The summed E-state index contributed by atoms with van der Waals surface area (Å²) in [6.07, 6.45) is -4.42. The number of nitrogens with zero attached hydrogens (tertiary/aromatic N) is 2. The third-order valence-corrected chi connectivity index (χ3v) is 7.01.